The van der Waals surface area contributed by atoms with Gasteiger partial charge in [-0.05, 0) is 48.5 Å². The van der Waals surface area contributed by atoms with Crippen molar-refractivity contribution in [3.63, 3.8) is 0 Å². The van der Waals surface area contributed by atoms with Gasteiger partial charge in [0.1, 0.15) is 4.75 Å². The summed E-state index contributed by atoms with van der Waals surface area (Å²) in [5, 5.41) is -3.18. The fourth-order valence-electron chi connectivity index (χ4n) is 1.89. The molecule has 0 aromatic carbocycles. The molecule has 0 aliphatic rings. The zero-order valence-corrected chi connectivity index (χ0v) is 14.5. The van der Waals surface area contributed by atoms with E-state index in [9.17, 15) is 21.2 Å². The molecule has 0 radical (unpaired) electrons. The first-order valence-corrected chi connectivity index (χ1v) is 9.08. The van der Waals surface area contributed by atoms with Crippen LogP contribution in [0.3, 0.4) is 0 Å². The van der Waals surface area contributed by atoms with E-state index in [4.69, 9.17) is 4.55 Å². The summed E-state index contributed by atoms with van der Waals surface area (Å²) >= 11 is 0. The Kier molecular flexibility index (Phi) is 5.44. The fraction of sp³-hybridized carbons (Fsp3) is 1.00. The Balaban J connectivity index is 6.20. The predicted molar refractivity (Wildman–Crippen MR) is 76.2 cm³/mol. The molecule has 0 aromatic heterocycles. The minimum Gasteiger partial charge on any atom is -0.285 e. The summed E-state index contributed by atoms with van der Waals surface area (Å²) < 4.78 is 70.2. The maximum Gasteiger partial charge on any atom is 0.274 e. The Labute approximate surface area is 121 Å². The van der Waals surface area contributed by atoms with E-state index in [-0.39, 0.29) is 0 Å². The van der Waals surface area contributed by atoms with Crippen LogP contribution in [0.1, 0.15) is 48.5 Å². The van der Waals surface area contributed by atoms with Crippen molar-refractivity contribution in [3.8, 4) is 0 Å². The molecule has 20 heavy (non-hydrogen) atoms. The lowest BCUT2D eigenvalue weighted by Crippen LogP contribution is -2.61. The van der Waals surface area contributed by atoms with Crippen molar-refractivity contribution in [3.05, 3.63) is 0 Å². The van der Waals surface area contributed by atoms with Crippen LogP contribution in [0.5, 0.6) is 0 Å². The number of nitrogens with zero attached hydrogens (tertiary/aromatic N) is 1. The Hall–Kier alpha value is -0.250. The second-order valence-electron chi connectivity index (χ2n) is 5.92. The minimum absolute atomic E-state index is 0.549. The number of rotatable bonds is 6. The average Bonchev–Trinajstić information content (AvgIpc) is 2.12. The van der Waals surface area contributed by atoms with Gasteiger partial charge in [0.25, 0.3) is 20.1 Å². The molecule has 0 fully saturated rings. The van der Waals surface area contributed by atoms with E-state index in [1.54, 1.807) is 27.7 Å². The van der Waals surface area contributed by atoms with Gasteiger partial charge >= 0.3 is 0 Å². The lowest BCUT2D eigenvalue weighted by Gasteiger charge is -2.40. The van der Waals surface area contributed by atoms with E-state index in [1.807, 2.05) is 0 Å². The summed E-state index contributed by atoms with van der Waals surface area (Å²) in [7, 11) is -9.52. The molecular formula is C11H24FNO5S2. The number of halogens is 1. The molecule has 1 N–H and O–H groups in total. The molecule has 0 bridgehead atoms. The highest BCUT2D eigenvalue weighted by Crippen LogP contribution is 2.40. The second-order valence-corrected chi connectivity index (χ2v) is 10.0. The van der Waals surface area contributed by atoms with Crippen LogP contribution in [0.15, 0.2) is 0 Å². The van der Waals surface area contributed by atoms with E-state index in [2.05, 4.69) is 0 Å². The van der Waals surface area contributed by atoms with Gasteiger partial charge < -0.3 is 0 Å². The van der Waals surface area contributed by atoms with Gasteiger partial charge in [-0.2, -0.15) is 12.7 Å². The predicted octanol–water partition coefficient (Wildman–Crippen LogP) is 1.79. The molecule has 0 spiro atoms. The number of hydrogen-bond donors (Lipinski definition) is 1. The van der Waals surface area contributed by atoms with Crippen molar-refractivity contribution in [2.75, 3.05) is 0 Å². The average molecular weight is 333 g/mol. The minimum atomic E-state index is -4.91. The number of alkyl halides is 1. The second kappa shape index (κ2) is 5.51. The van der Waals surface area contributed by atoms with Crippen LogP contribution in [-0.2, 0) is 20.1 Å². The molecule has 1 unspecified atom stereocenters. The molecule has 122 valence electrons. The highest BCUT2D eigenvalue weighted by Gasteiger charge is 2.61. The van der Waals surface area contributed by atoms with Gasteiger partial charge in [-0.1, -0.05) is 0 Å². The molecule has 0 saturated heterocycles. The number of hydrogen-bond acceptors (Lipinski definition) is 4. The SMILES string of the molecule is CC(C)N(C(C)C)S(=O)(=O)C(C)(F)C(C)(C)S(=O)(=O)O. The molecule has 1 atom stereocenters. The molecule has 0 amide bonds. The van der Waals surface area contributed by atoms with E-state index >= 15 is 0 Å². The summed E-state index contributed by atoms with van der Waals surface area (Å²) in [4.78, 5) is 0. The van der Waals surface area contributed by atoms with Gasteiger partial charge in [0.15, 0.2) is 0 Å². The Bertz CT molecular complexity index is 541. The molecule has 0 heterocycles. The third-order valence-corrected chi connectivity index (χ3v) is 8.18. The maximum atomic E-state index is 14.9. The maximum absolute atomic E-state index is 14.9. The van der Waals surface area contributed by atoms with E-state index < -0.39 is 42.0 Å². The van der Waals surface area contributed by atoms with Crippen LogP contribution in [0.25, 0.3) is 0 Å². The van der Waals surface area contributed by atoms with Crippen LogP contribution < -0.4 is 0 Å². The van der Waals surface area contributed by atoms with Gasteiger partial charge in [-0.15, -0.1) is 0 Å². The lowest BCUT2D eigenvalue weighted by molar-refractivity contribution is 0.193. The van der Waals surface area contributed by atoms with Crippen LogP contribution in [0.2, 0.25) is 0 Å². The summed E-state index contributed by atoms with van der Waals surface area (Å²) in [5.41, 5.74) is 0. The van der Waals surface area contributed by atoms with Crippen molar-refractivity contribution in [2.45, 2.75) is 70.3 Å². The van der Waals surface area contributed by atoms with Gasteiger partial charge in [-0.3, -0.25) is 4.55 Å². The molecule has 0 aliphatic carbocycles. The monoisotopic (exact) mass is 333 g/mol. The number of sulfonamides is 1. The van der Waals surface area contributed by atoms with Crippen molar-refractivity contribution in [1.82, 2.24) is 4.31 Å². The molecule has 0 aromatic rings. The van der Waals surface area contributed by atoms with Crippen molar-refractivity contribution in [1.29, 1.82) is 0 Å². The quantitative estimate of drug-likeness (QED) is 0.748. The van der Waals surface area contributed by atoms with Gasteiger partial charge in [0, 0.05) is 12.1 Å². The van der Waals surface area contributed by atoms with E-state index in [1.165, 1.54) is 0 Å². The highest BCUT2D eigenvalue weighted by molar-refractivity contribution is 7.93. The standard InChI is InChI=1S/C11H24FNO5S2/c1-8(2)13(9(3)4)19(14,15)11(7,12)10(5,6)20(16,17)18/h8-9H,1-7H3,(H,16,17,18). The fourth-order valence-corrected chi connectivity index (χ4v) is 5.11. The summed E-state index contributed by atoms with van der Waals surface area (Å²) in [6.07, 6.45) is 0. The van der Waals surface area contributed by atoms with E-state index in [0.717, 1.165) is 18.2 Å². The van der Waals surface area contributed by atoms with Crippen LogP contribution in [-0.4, -0.2) is 47.5 Å². The van der Waals surface area contributed by atoms with Gasteiger partial charge in [0.05, 0.1) is 0 Å². The van der Waals surface area contributed by atoms with Gasteiger partial charge in [0.2, 0.25) is 5.00 Å². The largest absolute Gasteiger partial charge is 0.285 e. The molecule has 0 aliphatic heterocycles. The Morgan fingerprint density at radius 1 is 0.950 bits per heavy atom. The smallest absolute Gasteiger partial charge is 0.274 e. The molecular weight excluding hydrogens is 309 g/mol. The third-order valence-electron chi connectivity index (χ3n) is 3.50. The van der Waals surface area contributed by atoms with Crippen LogP contribution >= 0.6 is 0 Å². The third kappa shape index (κ3) is 3.00. The lowest BCUT2D eigenvalue weighted by atomic mass is 10.1. The van der Waals surface area contributed by atoms with E-state index in [0.29, 0.717) is 6.92 Å². The summed E-state index contributed by atoms with van der Waals surface area (Å²) in [6, 6.07) is -1.10. The zero-order chi connectivity index (χ0) is 16.7. The van der Waals surface area contributed by atoms with Crippen molar-refractivity contribution < 1.29 is 25.8 Å². The topological polar surface area (TPSA) is 91.8 Å². The first-order valence-electron chi connectivity index (χ1n) is 6.20. The molecule has 0 saturated carbocycles. The van der Waals surface area contributed by atoms with Crippen LogP contribution in [0.4, 0.5) is 4.39 Å². The summed E-state index contributed by atoms with van der Waals surface area (Å²) in [5.74, 6) is 0. The molecule has 9 heteroatoms. The van der Waals surface area contributed by atoms with Crippen LogP contribution in [0, 0.1) is 0 Å². The Morgan fingerprint density at radius 3 is 1.45 bits per heavy atom. The normalized spacial score (nSPS) is 17.8. The Morgan fingerprint density at radius 2 is 1.25 bits per heavy atom. The van der Waals surface area contributed by atoms with Crippen molar-refractivity contribution in [2.24, 2.45) is 0 Å². The first kappa shape index (κ1) is 19.8. The molecule has 0 rings (SSSR count). The van der Waals surface area contributed by atoms with Gasteiger partial charge in [-0.25, -0.2) is 12.8 Å². The zero-order valence-electron chi connectivity index (χ0n) is 12.9. The summed E-state index contributed by atoms with van der Waals surface area (Å²) in [6.45, 7) is 8.61. The molecule has 6 nitrogen and oxygen atoms in total. The highest BCUT2D eigenvalue weighted by atomic mass is 32.2. The van der Waals surface area contributed by atoms with Crippen molar-refractivity contribution >= 4 is 20.1 Å². The first-order chi connectivity index (χ1) is 8.51.